The molecule has 1 fully saturated rings. The van der Waals surface area contributed by atoms with Gasteiger partial charge in [0.15, 0.2) is 0 Å². The van der Waals surface area contributed by atoms with Crippen LogP contribution in [0.4, 0.5) is 5.69 Å². The molecule has 0 unspecified atom stereocenters. The number of rotatable bonds is 5. The van der Waals surface area contributed by atoms with E-state index >= 15 is 0 Å². The number of halogens is 1. The van der Waals surface area contributed by atoms with Crippen LogP contribution in [0.2, 0.25) is 5.02 Å². The average molecular weight is 348 g/mol. The monoisotopic (exact) mass is 347 g/mol. The predicted molar refractivity (Wildman–Crippen MR) is 84.4 cm³/mol. The Morgan fingerprint density at radius 3 is 2.41 bits per heavy atom. The maximum atomic E-state index is 11.8. The van der Waals surface area contributed by atoms with Gasteiger partial charge in [-0.15, -0.1) is 0 Å². The Balaban J connectivity index is 1.98. The summed E-state index contributed by atoms with van der Waals surface area (Å²) in [5.74, 6) is 0.112. The van der Waals surface area contributed by atoms with E-state index in [-0.39, 0.29) is 11.4 Å². The minimum atomic E-state index is -3.14. The molecule has 0 aromatic heterocycles. The molecule has 0 aliphatic carbocycles. The van der Waals surface area contributed by atoms with Crippen LogP contribution < -0.4 is 0 Å². The lowest BCUT2D eigenvalue weighted by atomic mass is 10.2. The largest absolute Gasteiger partial charge is 0.296 e. The lowest BCUT2D eigenvalue weighted by molar-refractivity contribution is -0.384. The SMILES string of the molecule is CCS(=O)(=O)N1CCN(Cc2ccc([N+](=O)[O-])cc2Cl)CC1. The first-order valence-electron chi connectivity index (χ1n) is 6.96. The third kappa shape index (κ3) is 3.95. The van der Waals surface area contributed by atoms with E-state index in [4.69, 9.17) is 11.6 Å². The van der Waals surface area contributed by atoms with Crippen molar-refractivity contribution in [1.82, 2.24) is 9.21 Å². The molecule has 0 atom stereocenters. The van der Waals surface area contributed by atoms with Crippen LogP contribution in [0.3, 0.4) is 0 Å². The van der Waals surface area contributed by atoms with Gasteiger partial charge in [-0.1, -0.05) is 11.6 Å². The minimum absolute atomic E-state index is 0.0346. The highest BCUT2D eigenvalue weighted by Gasteiger charge is 2.25. The van der Waals surface area contributed by atoms with E-state index in [1.165, 1.54) is 16.4 Å². The summed E-state index contributed by atoms with van der Waals surface area (Å²) in [5.41, 5.74) is 0.770. The van der Waals surface area contributed by atoms with E-state index in [9.17, 15) is 18.5 Å². The van der Waals surface area contributed by atoms with Crippen LogP contribution in [-0.4, -0.2) is 54.5 Å². The van der Waals surface area contributed by atoms with Gasteiger partial charge in [0.05, 0.1) is 15.7 Å². The van der Waals surface area contributed by atoms with Crippen molar-refractivity contribution in [3.8, 4) is 0 Å². The molecule has 9 heteroatoms. The molecule has 1 aliphatic rings. The van der Waals surface area contributed by atoms with Crippen LogP contribution >= 0.6 is 11.6 Å². The Labute approximate surface area is 134 Å². The van der Waals surface area contributed by atoms with Crippen molar-refractivity contribution in [3.63, 3.8) is 0 Å². The second-order valence-electron chi connectivity index (χ2n) is 5.11. The highest BCUT2D eigenvalue weighted by atomic mass is 35.5. The second-order valence-corrected chi connectivity index (χ2v) is 7.77. The van der Waals surface area contributed by atoms with Crippen molar-refractivity contribution in [1.29, 1.82) is 0 Å². The summed E-state index contributed by atoms with van der Waals surface area (Å²) in [6.45, 7) is 4.34. The fourth-order valence-corrected chi connectivity index (χ4v) is 3.69. The first-order chi connectivity index (χ1) is 10.3. The first-order valence-corrected chi connectivity index (χ1v) is 8.95. The summed E-state index contributed by atoms with van der Waals surface area (Å²) in [7, 11) is -3.14. The zero-order valence-electron chi connectivity index (χ0n) is 12.2. The van der Waals surface area contributed by atoms with E-state index in [1.807, 2.05) is 0 Å². The summed E-state index contributed by atoms with van der Waals surface area (Å²) in [5, 5.41) is 11.0. The predicted octanol–water partition coefficient (Wildman–Crippen LogP) is 1.72. The summed E-state index contributed by atoms with van der Waals surface area (Å²) in [4.78, 5) is 12.3. The molecule has 7 nitrogen and oxygen atoms in total. The summed E-state index contributed by atoms with van der Waals surface area (Å²) in [6.07, 6.45) is 0. The van der Waals surface area contributed by atoms with E-state index < -0.39 is 14.9 Å². The van der Waals surface area contributed by atoms with Crippen molar-refractivity contribution >= 4 is 27.3 Å². The van der Waals surface area contributed by atoms with Gasteiger partial charge in [-0.2, -0.15) is 4.31 Å². The molecule has 2 rings (SSSR count). The molecule has 0 radical (unpaired) electrons. The average Bonchev–Trinajstić information content (AvgIpc) is 2.49. The quantitative estimate of drug-likeness (QED) is 0.598. The summed E-state index contributed by atoms with van der Waals surface area (Å²) < 4.78 is 25.1. The molecular formula is C13H18ClN3O4S. The van der Waals surface area contributed by atoms with Crippen LogP contribution in [0.1, 0.15) is 12.5 Å². The number of non-ortho nitro benzene ring substituents is 1. The van der Waals surface area contributed by atoms with E-state index in [0.717, 1.165) is 5.56 Å². The number of hydrogen-bond acceptors (Lipinski definition) is 5. The Hall–Kier alpha value is -1.22. The topological polar surface area (TPSA) is 83.8 Å². The van der Waals surface area contributed by atoms with Crippen LogP contribution in [-0.2, 0) is 16.6 Å². The third-order valence-corrected chi connectivity index (χ3v) is 5.96. The van der Waals surface area contributed by atoms with Crippen molar-refractivity contribution in [2.24, 2.45) is 0 Å². The standard InChI is InChI=1S/C13H18ClN3O4S/c1-2-22(20,21)16-7-5-15(6-8-16)10-11-3-4-12(17(18)19)9-13(11)14/h3-4,9H,2,5-8,10H2,1H3. The van der Waals surface area contributed by atoms with Gasteiger partial charge < -0.3 is 0 Å². The number of hydrogen-bond donors (Lipinski definition) is 0. The molecule has 1 aromatic carbocycles. The van der Waals surface area contributed by atoms with Gasteiger partial charge in [0.25, 0.3) is 5.69 Å². The number of benzene rings is 1. The van der Waals surface area contributed by atoms with Gasteiger partial charge in [0, 0.05) is 44.9 Å². The van der Waals surface area contributed by atoms with Crippen LogP contribution in [0.15, 0.2) is 18.2 Å². The third-order valence-electron chi connectivity index (χ3n) is 3.73. The zero-order valence-corrected chi connectivity index (χ0v) is 13.8. The molecule has 1 heterocycles. The van der Waals surface area contributed by atoms with E-state index in [0.29, 0.717) is 37.7 Å². The maximum absolute atomic E-state index is 11.8. The molecular weight excluding hydrogens is 330 g/mol. The number of sulfonamides is 1. The molecule has 0 bridgehead atoms. The van der Waals surface area contributed by atoms with Crippen molar-refractivity contribution in [3.05, 3.63) is 38.9 Å². The number of nitro benzene ring substituents is 1. The molecule has 0 N–H and O–H groups in total. The Morgan fingerprint density at radius 2 is 1.91 bits per heavy atom. The lowest BCUT2D eigenvalue weighted by Gasteiger charge is -2.33. The van der Waals surface area contributed by atoms with Gasteiger partial charge in [0.2, 0.25) is 10.0 Å². The smallest absolute Gasteiger partial charge is 0.270 e. The molecule has 1 aliphatic heterocycles. The number of nitro groups is 1. The zero-order chi connectivity index (χ0) is 16.3. The number of nitrogens with zero attached hydrogens (tertiary/aromatic N) is 3. The van der Waals surface area contributed by atoms with Crippen LogP contribution in [0.25, 0.3) is 0 Å². The van der Waals surface area contributed by atoms with Crippen molar-refractivity contribution in [2.75, 3.05) is 31.9 Å². The van der Waals surface area contributed by atoms with Gasteiger partial charge >= 0.3 is 0 Å². The molecule has 22 heavy (non-hydrogen) atoms. The van der Waals surface area contributed by atoms with Gasteiger partial charge in [-0.25, -0.2) is 8.42 Å². The summed E-state index contributed by atoms with van der Waals surface area (Å²) >= 11 is 6.08. The fourth-order valence-electron chi connectivity index (χ4n) is 2.37. The van der Waals surface area contributed by atoms with Crippen LogP contribution in [0.5, 0.6) is 0 Å². The normalized spacial score (nSPS) is 17.5. The van der Waals surface area contributed by atoms with E-state index in [2.05, 4.69) is 4.90 Å². The highest BCUT2D eigenvalue weighted by Crippen LogP contribution is 2.24. The minimum Gasteiger partial charge on any atom is -0.296 e. The Kier molecular flexibility index (Phi) is 5.38. The molecule has 0 spiro atoms. The van der Waals surface area contributed by atoms with Gasteiger partial charge in [-0.05, 0) is 18.6 Å². The highest BCUT2D eigenvalue weighted by molar-refractivity contribution is 7.89. The molecule has 0 saturated carbocycles. The molecule has 1 saturated heterocycles. The first kappa shape index (κ1) is 17.1. The van der Waals surface area contributed by atoms with Crippen LogP contribution in [0, 0.1) is 10.1 Å². The Morgan fingerprint density at radius 1 is 1.27 bits per heavy atom. The lowest BCUT2D eigenvalue weighted by Crippen LogP contribution is -2.48. The van der Waals surface area contributed by atoms with E-state index in [1.54, 1.807) is 13.0 Å². The fraction of sp³-hybridized carbons (Fsp3) is 0.538. The van der Waals surface area contributed by atoms with Gasteiger partial charge in [0.1, 0.15) is 0 Å². The second kappa shape index (κ2) is 6.91. The maximum Gasteiger partial charge on any atom is 0.270 e. The number of piperazine rings is 1. The summed E-state index contributed by atoms with van der Waals surface area (Å²) in [6, 6.07) is 4.42. The molecule has 0 amide bonds. The Bertz CT molecular complexity index is 657. The van der Waals surface area contributed by atoms with Gasteiger partial charge in [-0.3, -0.25) is 15.0 Å². The molecule has 122 valence electrons. The van der Waals surface area contributed by atoms with Crippen molar-refractivity contribution in [2.45, 2.75) is 13.5 Å². The molecule has 1 aromatic rings. The van der Waals surface area contributed by atoms with Crippen molar-refractivity contribution < 1.29 is 13.3 Å².